The van der Waals surface area contributed by atoms with Gasteiger partial charge in [-0.05, 0) is 52.3 Å². The van der Waals surface area contributed by atoms with Gasteiger partial charge in [-0.2, -0.15) is 0 Å². The molecule has 0 aliphatic heterocycles. The van der Waals surface area contributed by atoms with E-state index in [1.54, 1.807) is 0 Å². The molecule has 0 atom stereocenters. The Morgan fingerprint density at radius 3 is 2.15 bits per heavy atom. The van der Waals surface area contributed by atoms with E-state index in [9.17, 15) is 0 Å². The zero-order chi connectivity index (χ0) is 17.8. The first-order chi connectivity index (χ1) is 12.8. The minimum absolute atomic E-state index is 1.00. The zero-order valence-corrected chi connectivity index (χ0v) is 15.0. The highest BCUT2D eigenvalue weighted by atomic mass is 14.2. The standard InChI is InChI=1S/C26H22/c1-20-24-17-9-8-16-23(24)19-26(20)25(22-14-6-3-7-15-22)18-10-13-21-11-4-2-5-12-21/h2-18H,19H2,1H3. The molecule has 0 fully saturated rings. The summed E-state index contributed by atoms with van der Waals surface area (Å²) in [6.07, 6.45) is 7.59. The zero-order valence-electron chi connectivity index (χ0n) is 15.0. The molecule has 0 heterocycles. The van der Waals surface area contributed by atoms with E-state index in [1.807, 2.05) is 6.07 Å². The average molecular weight is 334 g/mol. The predicted octanol–water partition coefficient (Wildman–Crippen LogP) is 6.81. The summed E-state index contributed by atoms with van der Waals surface area (Å²) in [5.74, 6) is 0. The third-order valence-electron chi connectivity index (χ3n) is 5.00. The van der Waals surface area contributed by atoms with Crippen LogP contribution in [0.4, 0.5) is 0 Å². The number of rotatable bonds is 4. The van der Waals surface area contributed by atoms with E-state index in [0.717, 1.165) is 6.42 Å². The van der Waals surface area contributed by atoms with Gasteiger partial charge in [0.1, 0.15) is 0 Å². The van der Waals surface area contributed by atoms with Crippen molar-refractivity contribution in [3.05, 3.63) is 125 Å². The van der Waals surface area contributed by atoms with E-state index in [4.69, 9.17) is 0 Å². The van der Waals surface area contributed by atoms with E-state index in [-0.39, 0.29) is 0 Å². The summed E-state index contributed by atoms with van der Waals surface area (Å²) in [5, 5.41) is 0. The molecule has 1 aliphatic rings. The van der Waals surface area contributed by atoms with Crippen LogP contribution in [0.3, 0.4) is 0 Å². The second-order valence-corrected chi connectivity index (χ2v) is 6.65. The minimum Gasteiger partial charge on any atom is -0.0622 e. The first-order valence-electron chi connectivity index (χ1n) is 9.10. The second kappa shape index (κ2) is 7.41. The summed E-state index contributed by atoms with van der Waals surface area (Å²) in [5.41, 5.74) is 9.43. The normalized spacial score (nSPS) is 14.1. The molecular weight excluding hydrogens is 312 g/mol. The van der Waals surface area contributed by atoms with Crippen molar-refractivity contribution in [2.24, 2.45) is 0 Å². The fourth-order valence-corrected chi connectivity index (χ4v) is 3.63. The summed E-state index contributed by atoms with van der Waals surface area (Å²) in [7, 11) is 0. The first kappa shape index (κ1) is 16.4. The molecule has 1 aliphatic carbocycles. The number of benzene rings is 3. The average Bonchev–Trinajstić information content (AvgIpc) is 3.03. The Morgan fingerprint density at radius 2 is 1.42 bits per heavy atom. The lowest BCUT2D eigenvalue weighted by molar-refractivity contribution is 1.25. The van der Waals surface area contributed by atoms with Crippen LogP contribution >= 0.6 is 0 Å². The van der Waals surface area contributed by atoms with Crippen molar-refractivity contribution in [1.29, 1.82) is 0 Å². The molecule has 126 valence electrons. The van der Waals surface area contributed by atoms with Crippen LogP contribution in [0.5, 0.6) is 0 Å². The molecule has 0 bridgehead atoms. The third-order valence-corrected chi connectivity index (χ3v) is 5.00. The largest absolute Gasteiger partial charge is 0.0622 e. The highest BCUT2D eigenvalue weighted by molar-refractivity contribution is 5.93. The van der Waals surface area contributed by atoms with E-state index < -0.39 is 0 Å². The van der Waals surface area contributed by atoms with Gasteiger partial charge in [0.2, 0.25) is 0 Å². The fourth-order valence-electron chi connectivity index (χ4n) is 3.63. The Labute approximate surface area is 155 Å². The molecular formula is C26H22. The number of allylic oxidation sites excluding steroid dienone is 5. The molecule has 0 spiro atoms. The molecule has 0 aromatic heterocycles. The predicted molar refractivity (Wildman–Crippen MR) is 113 cm³/mol. The van der Waals surface area contributed by atoms with Crippen LogP contribution in [-0.2, 0) is 6.42 Å². The SMILES string of the molecule is CC1=C(C(=CC=Cc2ccccc2)c2ccccc2)Cc2ccccc21. The highest BCUT2D eigenvalue weighted by Crippen LogP contribution is 2.39. The molecule has 0 saturated carbocycles. The summed E-state index contributed by atoms with van der Waals surface area (Å²) in [6, 6.07) is 29.9. The Bertz CT molecular complexity index is 986. The molecule has 4 rings (SSSR count). The Balaban J connectivity index is 1.75. The number of hydrogen-bond donors (Lipinski definition) is 0. The monoisotopic (exact) mass is 334 g/mol. The van der Waals surface area contributed by atoms with Crippen molar-refractivity contribution < 1.29 is 0 Å². The van der Waals surface area contributed by atoms with E-state index in [0.29, 0.717) is 0 Å². The lowest BCUT2D eigenvalue weighted by atomic mass is 9.94. The molecule has 0 N–H and O–H groups in total. The third kappa shape index (κ3) is 3.32. The lowest BCUT2D eigenvalue weighted by Gasteiger charge is -2.10. The molecule has 0 radical (unpaired) electrons. The van der Waals surface area contributed by atoms with Gasteiger partial charge in [0.25, 0.3) is 0 Å². The minimum atomic E-state index is 1.00. The van der Waals surface area contributed by atoms with Gasteiger partial charge < -0.3 is 0 Å². The fraction of sp³-hybridized carbons (Fsp3) is 0.0769. The first-order valence-corrected chi connectivity index (χ1v) is 9.10. The maximum absolute atomic E-state index is 2.26. The summed E-state index contributed by atoms with van der Waals surface area (Å²) in [4.78, 5) is 0. The summed E-state index contributed by atoms with van der Waals surface area (Å²) >= 11 is 0. The molecule has 0 amide bonds. The lowest BCUT2D eigenvalue weighted by Crippen LogP contribution is -1.91. The van der Waals surface area contributed by atoms with Gasteiger partial charge in [-0.1, -0.05) is 103 Å². The molecule has 3 aromatic carbocycles. The quantitative estimate of drug-likeness (QED) is 0.460. The summed E-state index contributed by atoms with van der Waals surface area (Å²) in [6.45, 7) is 2.25. The van der Waals surface area contributed by atoms with E-state index in [1.165, 1.54) is 39.0 Å². The topological polar surface area (TPSA) is 0 Å². The number of hydrogen-bond acceptors (Lipinski definition) is 0. The van der Waals surface area contributed by atoms with Crippen LogP contribution in [0.1, 0.15) is 29.2 Å². The van der Waals surface area contributed by atoms with Gasteiger partial charge in [0.15, 0.2) is 0 Å². The maximum Gasteiger partial charge on any atom is -0.00107 e. The Morgan fingerprint density at radius 1 is 0.769 bits per heavy atom. The van der Waals surface area contributed by atoms with Gasteiger partial charge in [-0.3, -0.25) is 0 Å². The van der Waals surface area contributed by atoms with E-state index in [2.05, 4.69) is 104 Å². The highest BCUT2D eigenvalue weighted by Gasteiger charge is 2.21. The van der Waals surface area contributed by atoms with Crippen LogP contribution in [0.15, 0.2) is 103 Å². The number of fused-ring (bicyclic) bond motifs is 1. The Hall–Kier alpha value is -3.12. The van der Waals surface area contributed by atoms with Crippen LogP contribution in [0, 0.1) is 0 Å². The van der Waals surface area contributed by atoms with Crippen LogP contribution < -0.4 is 0 Å². The van der Waals surface area contributed by atoms with Crippen molar-refractivity contribution in [2.75, 3.05) is 0 Å². The van der Waals surface area contributed by atoms with Crippen molar-refractivity contribution in [3.8, 4) is 0 Å². The van der Waals surface area contributed by atoms with Crippen molar-refractivity contribution in [3.63, 3.8) is 0 Å². The van der Waals surface area contributed by atoms with E-state index >= 15 is 0 Å². The van der Waals surface area contributed by atoms with Gasteiger partial charge in [-0.15, -0.1) is 0 Å². The van der Waals surface area contributed by atoms with Crippen molar-refractivity contribution in [1.82, 2.24) is 0 Å². The smallest absolute Gasteiger partial charge is 0.00107 e. The van der Waals surface area contributed by atoms with Gasteiger partial charge in [-0.25, -0.2) is 0 Å². The molecule has 3 aromatic rings. The van der Waals surface area contributed by atoms with Crippen molar-refractivity contribution in [2.45, 2.75) is 13.3 Å². The maximum atomic E-state index is 2.26. The molecule has 0 unspecified atom stereocenters. The van der Waals surface area contributed by atoms with Gasteiger partial charge in [0.05, 0.1) is 0 Å². The van der Waals surface area contributed by atoms with Crippen LogP contribution in [0.2, 0.25) is 0 Å². The van der Waals surface area contributed by atoms with Crippen LogP contribution in [-0.4, -0.2) is 0 Å². The van der Waals surface area contributed by atoms with Crippen molar-refractivity contribution >= 4 is 17.2 Å². The van der Waals surface area contributed by atoms with Gasteiger partial charge >= 0.3 is 0 Å². The van der Waals surface area contributed by atoms with Crippen LogP contribution in [0.25, 0.3) is 17.2 Å². The molecule has 0 heteroatoms. The molecule has 0 saturated heterocycles. The second-order valence-electron chi connectivity index (χ2n) is 6.65. The molecule has 0 nitrogen and oxygen atoms in total. The summed E-state index contributed by atoms with van der Waals surface area (Å²) < 4.78 is 0. The molecule has 26 heavy (non-hydrogen) atoms. The van der Waals surface area contributed by atoms with Gasteiger partial charge in [0, 0.05) is 0 Å². The Kier molecular flexibility index (Phi) is 4.66.